The minimum atomic E-state index is -0.0960. The zero-order chi connectivity index (χ0) is 37.6. The molecule has 0 N–H and O–H groups in total. The molecule has 0 atom stereocenters. The maximum atomic E-state index is 2.47. The molecule has 0 bridgehead atoms. The van der Waals surface area contributed by atoms with Gasteiger partial charge in [-0.05, 0) is 102 Å². The predicted octanol–water partition coefficient (Wildman–Crippen LogP) is 15.3. The van der Waals surface area contributed by atoms with Gasteiger partial charge in [-0.2, -0.15) is 0 Å². The van der Waals surface area contributed by atoms with Gasteiger partial charge in [-0.15, -0.1) is 0 Å². The Balaban J connectivity index is 1.23. The average molecular weight is 716 g/mol. The molecular formula is C55H41N. The van der Waals surface area contributed by atoms with E-state index in [9.17, 15) is 0 Å². The fraction of sp³-hybridized carbons (Fsp3) is 0.0545. The Morgan fingerprint density at radius 1 is 0.339 bits per heavy atom. The molecule has 1 heteroatoms. The van der Waals surface area contributed by atoms with Crippen molar-refractivity contribution in [3.8, 4) is 55.6 Å². The standard InChI is InChI=1S/C55H41N/c1-55(2)51-31-13-11-28-49(51)54-48(30-17-32-52(54)55)47-27-12-14-33-53(47)56(42-25-15-24-41(36-42)45-29-16-23-39-22-9-10-26-44(39)45)43-34-35-46(38-18-5-3-6-19-38)50(37-43)40-20-7-4-8-21-40/h3-37H,1-2H3. The van der Waals surface area contributed by atoms with Gasteiger partial charge in [0.05, 0.1) is 5.69 Å². The molecular weight excluding hydrogens is 675 g/mol. The number of nitrogens with zero attached hydrogens (tertiary/aromatic N) is 1. The summed E-state index contributed by atoms with van der Waals surface area (Å²) in [4.78, 5) is 2.47. The normalized spacial score (nSPS) is 12.6. The lowest BCUT2D eigenvalue weighted by Gasteiger charge is -2.30. The van der Waals surface area contributed by atoms with Gasteiger partial charge in [0.2, 0.25) is 0 Å². The predicted molar refractivity (Wildman–Crippen MR) is 238 cm³/mol. The van der Waals surface area contributed by atoms with E-state index in [0.717, 1.165) is 17.1 Å². The summed E-state index contributed by atoms with van der Waals surface area (Å²) >= 11 is 0. The highest BCUT2D eigenvalue weighted by Gasteiger charge is 2.37. The second-order valence-electron chi connectivity index (χ2n) is 15.3. The Morgan fingerprint density at radius 3 is 1.71 bits per heavy atom. The zero-order valence-electron chi connectivity index (χ0n) is 31.7. The van der Waals surface area contributed by atoms with Crippen LogP contribution in [0.4, 0.5) is 17.1 Å². The van der Waals surface area contributed by atoms with Crippen LogP contribution >= 0.6 is 0 Å². The first-order valence-corrected chi connectivity index (χ1v) is 19.5. The summed E-state index contributed by atoms with van der Waals surface area (Å²) in [7, 11) is 0. The van der Waals surface area contributed by atoms with E-state index in [2.05, 4.69) is 231 Å². The number of benzene rings is 9. The van der Waals surface area contributed by atoms with Gasteiger partial charge in [0, 0.05) is 22.4 Å². The van der Waals surface area contributed by atoms with Gasteiger partial charge in [-0.1, -0.05) is 196 Å². The third-order valence-electron chi connectivity index (χ3n) is 11.7. The summed E-state index contributed by atoms with van der Waals surface area (Å²) in [6, 6.07) is 77.7. The van der Waals surface area contributed by atoms with Crippen molar-refractivity contribution >= 4 is 27.8 Å². The fourth-order valence-corrected chi connectivity index (χ4v) is 8.99. The van der Waals surface area contributed by atoms with Gasteiger partial charge in [0.1, 0.15) is 0 Å². The molecule has 0 saturated heterocycles. The summed E-state index contributed by atoms with van der Waals surface area (Å²) in [5, 5.41) is 2.49. The molecule has 0 amide bonds. The Bertz CT molecular complexity index is 2880. The van der Waals surface area contributed by atoms with Crippen molar-refractivity contribution < 1.29 is 0 Å². The van der Waals surface area contributed by atoms with Crippen molar-refractivity contribution in [2.75, 3.05) is 4.90 Å². The highest BCUT2D eigenvalue weighted by Crippen LogP contribution is 2.54. The number of para-hydroxylation sites is 1. The molecule has 0 unspecified atom stereocenters. The maximum absolute atomic E-state index is 2.47. The molecule has 0 radical (unpaired) electrons. The molecule has 1 nitrogen and oxygen atoms in total. The van der Waals surface area contributed by atoms with E-state index in [1.54, 1.807) is 0 Å². The molecule has 1 aliphatic rings. The molecule has 0 aliphatic heterocycles. The third kappa shape index (κ3) is 5.63. The molecule has 0 heterocycles. The van der Waals surface area contributed by atoms with Crippen molar-refractivity contribution in [3.05, 3.63) is 223 Å². The van der Waals surface area contributed by atoms with Crippen LogP contribution in [0.1, 0.15) is 25.0 Å². The van der Waals surface area contributed by atoms with Gasteiger partial charge >= 0.3 is 0 Å². The Morgan fingerprint density at radius 2 is 0.893 bits per heavy atom. The van der Waals surface area contributed by atoms with E-state index in [-0.39, 0.29) is 5.41 Å². The highest BCUT2D eigenvalue weighted by molar-refractivity contribution is 6.01. The molecule has 266 valence electrons. The molecule has 0 saturated carbocycles. The van der Waals surface area contributed by atoms with E-state index in [0.29, 0.717) is 0 Å². The summed E-state index contributed by atoms with van der Waals surface area (Å²) in [5.41, 5.74) is 18.3. The van der Waals surface area contributed by atoms with Crippen LogP contribution in [0.25, 0.3) is 66.4 Å². The van der Waals surface area contributed by atoms with Crippen molar-refractivity contribution in [2.24, 2.45) is 0 Å². The Hall–Kier alpha value is -6.96. The second kappa shape index (κ2) is 13.7. The van der Waals surface area contributed by atoms with Crippen molar-refractivity contribution in [1.29, 1.82) is 0 Å². The molecule has 0 spiro atoms. The Kier molecular flexibility index (Phi) is 8.23. The lowest BCUT2D eigenvalue weighted by molar-refractivity contribution is 0.660. The van der Waals surface area contributed by atoms with Crippen molar-refractivity contribution in [3.63, 3.8) is 0 Å². The summed E-state index contributed by atoms with van der Waals surface area (Å²) in [5.74, 6) is 0. The van der Waals surface area contributed by atoms with Crippen LogP contribution in [-0.2, 0) is 5.41 Å². The van der Waals surface area contributed by atoms with Crippen molar-refractivity contribution in [2.45, 2.75) is 19.3 Å². The molecule has 10 rings (SSSR count). The van der Waals surface area contributed by atoms with Gasteiger partial charge in [-0.25, -0.2) is 0 Å². The van der Waals surface area contributed by atoms with Crippen LogP contribution in [0.5, 0.6) is 0 Å². The van der Waals surface area contributed by atoms with Gasteiger partial charge < -0.3 is 4.90 Å². The topological polar surface area (TPSA) is 3.24 Å². The number of hydrogen-bond acceptors (Lipinski definition) is 1. The summed E-state index contributed by atoms with van der Waals surface area (Å²) < 4.78 is 0. The van der Waals surface area contributed by atoms with Crippen LogP contribution in [-0.4, -0.2) is 0 Å². The van der Waals surface area contributed by atoms with Gasteiger partial charge in [0.15, 0.2) is 0 Å². The summed E-state index contributed by atoms with van der Waals surface area (Å²) in [6.07, 6.45) is 0. The van der Waals surface area contributed by atoms with Gasteiger partial charge in [0.25, 0.3) is 0 Å². The SMILES string of the molecule is CC1(C)c2ccccc2-c2c(-c3ccccc3N(c3cccc(-c4cccc5ccccc45)c3)c3ccc(-c4ccccc4)c(-c4ccccc4)c3)cccc21. The van der Waals surface area contributed by atoms with E-state index in [1.807, 2.05) is 0 Å². The zero-order valence-corrected chi connectivity index (χ0v) is 31.7. The number of rotatable bonds is 7. The van der Waals surface area contributed by atoms with E-state index < -0.39 is 0 Å². The van der Waals surface area contributed by atoms with Gasteiger partial charge in [-0.3, -0.25) is 0 Å². The molecule has 0 fully saturated rings. The smallest absolute Gasteiger partial charge is 0.0540 e. The third-order valence-corrected chi connectivity index (χ3v) is 11.7. The first kappa shape index (κ1) is 33.6. The van der Waals surface area contributed by atoms with Crippen LogP contribution in [0.3, 0.4) is 0 Å². The number of anilines is 3. The monoisotopic (exact) mass is 715 g/mol. The number of hydrogen-bond donors (Lipinski definition) is 0. The van der Waals surface area contributed by atoms with E-state index >= 15 is 0 Å². The Labute approximate surface area is 329 Å². The largest absolute Gasteiger partial charge is 0.310 e. The maximum Gasteiger partial charge on any atom is 0.0540 e. The lowest BCUT2D eigenvalue weighted by atomic mass is 9.82. The molecule has 9 aromatic carbocycles. The summed E-state index contributed by atoms with van der Waals surface area (Å²) in [6.45, 7) is 4.72. The highest BCUT2D eigenvalue weighted by atomic mass is 15.1. The minimum absolute atomic E-state index is 0.0960. The molecule has 0 aromatic heterocycles. The second-order valence-corrected chi connectivity index (χ2v) is 15.3. The van der Waals surface area contributed by atoms with E-state index in [1.165, 1.54) is 77.5 Å². The van der Waals surface area contributed by atoms with Crippen LogP contribution in [0.15, 0.2) is 212 Å². The molecule has 1 aliphatic carbocycles. The average Bonchev–Trinajstić information content (AvgIpc) is 3.50. The van der Waals surface area contributed by atoms with Crippen LogP contribution < -0.4 is 4.90 Å². The number of fused-ring (bicyclic) bond motifs is 4. The first-order valence-electron chi connectivity index (χ1n) is 19.5. The molecule has 56 heavy (non-hydrogen) atoms. The fourth-order valence-electron chi connectivity index (χ4n) is 8.99. The quantitative estimate of drug-likeness (QED) is 0.159. The lowest BCUT2D eigenvalue weighted by Crippen LogP contribution is -2.15. The van der Waals surface area contributed by atoms with Crippen molar-refractivity contribution in [1.82, 2.24) is 0 Å². The van der Waals surface area contributed by atoms with E-state index in [4.69, 9.17) is 0 Å². The minimum Gasteiger partial charge on any atom is -0.310 e. The first-order chi connectivity index (χ1) is 27.6. The molecule has 9 aromatic rings. The van der Waals surface area contributed by atoms with Crippen LogP contribution in [0, 0.1) is 0 Å². The van der Waals surface area contributed by atoms with Crippen LogP contribution in [0.2, 0.25) is 0 Å².